The number of hydrogen-bond acceptors (Lipinski definition) is 6. The van der Waals surface area contributed by atoms with Crippen molar-refractivity contribution in [3.05, 3.63) is 44.7 Å². The van der Waals surface area contributed by atoms with Gasteiger partial charge in [-0.15, -0.1) is 22.7 Å². The van der Waals surface area contributed by atoms with Crippen LogP contribution in [-0.4, -0.2) is 56.7 Å². The van der Waals surface area contributed by atoms with E-state index in [4.69, 9.17) is 12.2 Å². The zero-order valence-electron chi connectivity index (χ0n) is 14.1. The van der Waals surface area contributed by atoms with Gasteiger partial charge in [-0.05, 0) is 35.1 Å². The molecule has 6 nitrogen and oxygen atoms in total. The largest absolute Gasteiger partial charge is 0.339 e. The fourth-order valence-electron chi connectivity index (χ4n) is 3.07. The molecular formula is C17H19N5OS3. The molecule has 0 radical (unpaired) electrons. The third kappa shape index (κ3) is 3.80. The van der Waals surface area contributed by atoms with Crippen LogP contribution in [0.3, 0.4) is 0 Å². The summed E-state index contributed by atoms with van der Waals surface area (Å²) in [6, 6.07) is 8.20. The molecule has 1 aliphatic heterocycles. The highest BCUT2D eigenvalue weighted by Crippen LogP contribution is 2.23. The standard InChI is InChI=1S/C17H19N5OS3/c23-15(12-22-16(18-19-17(22)24)14-4-2-10-26-14)21-7-5-20(6-8-21)11-13-3-1-9-25-13/h1-4,9-10H,5-8,11-12H2,(H,19,24). The van der Waals surface area contributed by atoms with E-state index in [1.807, 2.05) is 22.4 Å². The number of carbonyl (C=O) groups excluding carboxylic acids is 1. The van der Waals surface area contributed by atoms with Gasteiger partial charge in [-0.25, -0.2) is 0 Å². The van der Waals surface area contributed by atoms with E-state index >= 15 is 0 Å². The molecule has 0 saturated carbocycles. The van der Waals surface area contributed by atoms with Gasteiger partial charge >= 0.3 is 0 Å². The smallest absolute Gasteiger partial charge is 0.242 e. The summed E-state index contributed by atoms with van der Waals surface area (Å²) >= 11 is 8.69. The van der Waals surface area contributed by atoms with Crippen LogP contribution in [0.2, 0.25) is 0 Å². The molecule has 1 amide bonds. The second-order valence-electron chi connectivity index (χ2n) is 6.15. The number of aromatic amines is 1. The summed E-state index contributed by atoms with van der Waals surface area (Å²) < 4.78 is 2.28. The number of aromatic nitrogens is 3. The lowest BCUT2D eigenvalue weighted by atomic mass is 10.3. The normalized spacial score (nSPS) is 15.5. The van der Waals surface area contributed by atoms with E-state index in [-0.39, 0.29) is 12.5 Å². The van der Waals surface area contributed by atoms with Gasteiger partial charge in [0.25, 0.3) is 0 Å². The average Bonchev–Trinajstić information content (AvgIpc) is 3.39. The number of carbonyl (C=O) groups is 1. The summed E-state index contributed by atoms with van der Waals surface area (Å²) in [5, 5.41) is 11.2. The molecule has 1 saturated heterocycles. The number of piperazine rings is 1. The van der Waals surface area contributed by atoms with E-state index in [9.17, 15) is 4.79 Å². The third-order valence-corrected chi connectivity index (χ3v) is 6.52. The van der Waals surface area contributed by atoms with Crippen LogP contribution in [0.5, 0.6) is 0 Å². The van der Waals surface area contributed by atoms with Crippen molar-refractivity contribution in [2.75, 3.05) is 26.2 Å². The maximum Gasteiger partial charge on any atom is 0.242 e. The Hall–Kier alpha value is -1.81. The number of rotatable bonds is 5. The molecule has 0 unspecified atom stereocenters. The number of H-pyrrole nitrogens is 1. The summed E-state index contributed by atoms with van der Waals surface area (Å²) in [4.78, 5) is 19.5. The highest BCUT2D eigenvalue weighted by Gasteiger charge is 2.23. The van der Waals surface area contributed by atoms with E-state index < -0.39 is 0 Å². The second kappa shape index (κ2) is 7.83. The summed E-state index contributed by atoms with van der Waals surface area (Å²) in [5.41, 5.74) is 0. The Labute approximate surface area is 164 Å². The van der Waals surface area contributed by atoms with Crippen molar-refractivity contribution in [3.8, 4) is 10.7 Å². The van der Waals surface area contributed by atoms with Gasteiger partial charge in [0.15, 0.2) is 10.6 Å². The minimum absolute atomic E-state index is 0.0936. The predicted octanol–water partition coefficient (Wildman–Crippen LogP) is 3.08. The van der Waals surface area contributed by atoms with E-state index in [0.717, 1.165) is 43.4 Å². The number of thiophene rings is 2. The number of hydrogen-bond donors (Lipinski definition) is 1. The van der Waals surface area contributed by atoms with Crippen molar-refractivity contribution in [2.45, 2.75) is 13.1 Å². The van der Waals surface area contributed by atoms with Crippen LogP contribution in [0.25, 0.3) is 10.7 Å². The van der Waals surface area contributed by atoms with E-state index in [0.29, 0.717) is 4.77 Å². The number of nitrogens with zero attached hydrogens (tertiary/aromatic N) is 4. The summed E-state index contributed by atoms with van der Waals surface area (Å²) in [5.74, 6) is 0.825. The van der Waals surface area contributed by atoms with Crippen LogP contribution in [0, 0.1) is 4.77 Å². The van der Waals surface area contributed by atoms with Gasteiger partial charge in [-0.2, -0.15) is 5.10 Å². The molecular weight excluding hydrogens is 386 g/mol. The van der Waals surface area contributed by atoms with Gasteiger partial charge in [0.05, 0.1) is 4.88 Å². The van der Waals surface area contributed by atoms with Gasteiger partial charge in [0.2, 0.25) is 5.91 Å². The lowest BCUT2D eigenvalue weighted by molar-refractivity contribution is -0.133. The Morgan fingerprint density at radius 1 is 1.15 bits per heavy atom. The molecule has 0 aromatic carbocycles. The fraction of sp³-hybridized carbons (Fsp3) is 0.353. The van der Waals surface area contributed by atoms with Crippen LogP contribution in [0.4, 0.5) is 0 Å². The molecule has 26 heavy (non-hydrogen) atoms. The Balaban J connectivity index is 1.38. The molecule has 9 heteroatoms. The first-order valence-electron chi connectivity index (χ1n) is 8.42. The summed E-state index contributed by atoms with van der Waals surface area (Å²) in [6.45, 7) is 4.51. The first-order chi connectivity index (χ1) is 12.7. The highest BCUT2D eigenvalue weighted by molar-refractivity contribution is 7.71. The van der Waals surface area contributed by atoms with E-state index in [1.165, 1.54) is 4.88 Å². The highest BCUT2D eigenvalue weighted by atomic mass is 32.1. The monoisotopic (exact) mass is 405 g/mol. The van der Waals surface area contributed by atoms with Crippen molar-refractivity contribution < 1.29 is 4.79 Å². The van der Waals surface area contributed by atoms with Crippen molar-refractivity contribution in [3.63, 3.8) is 0 Å². The molecule has 0 bridgehead atoms. The molecule has 1 N–H and O–H groups in total. The Bertz CT molecular complexity index is 905. The Morgan fingerprint density at radius 2 is 1.92 bits per heavy atom. The van der Waals surface area contributed by atoms with E-state index in [2.05, 4.69) is 32.6 Å². The predicted molar refractivity (Wildman–Crippen MR) is 107 cm³/mol. The summed E-state index contributed by atoms with van der Waals surface area (Å²) in [7, 11) is 0. The minimum Gasteiger partial charge on any atom is -0.339 e. The topological polar surface area (TPSA) is 57.2 Å². The fourth-order valence-corrected chi connectivity index (χ4v) is 4.74. The third-order valence-electron chi connectivity index (χ3n) is 4.48. The van der Waals surface area contributed by atoms with E-state index in [1.54, 1.807) is 27.2 Å². The quantitative estimate of drug-likeness (QED) is 0.663. The average molecular weight is 406 g/mol. The van der Waals surface area contributed by atoms with Crippen LogP contribution in [0.1, 0.15) is 4.88 Å². The zero-order valence-corrected chi connectivity index (χ0v) is 16.6. The van der Waals surface area contributed by atoms with Crippen LogP contribution >= 0.6 is 34.9 Å². The molecule has 4 heterocycles. The molecule has 1 fully saturated rings. The van der Waals surface area contributed by atoms with Crippen LogP contribution in [-0.2, 0) is 17.9 Å². The van der Waals surface area contributed by atoms with Gasteiger partial charge < -0.3 is 4.90 Å². The minimum atomic E-state index is 0.0936. The van der Waals surface area contributed by atoms with Gasteiger partial charge in [0.1, 0.15) is 6.54 Å². The lowest BCUT2D eigenvalue weighted by Gasteiger charge is -2.34. The van der Waals surface area contributed by atoms with Crippen molar-refractivity contribution in [2.24, 2.45) is 0 Å². The maximum atomic E-state index is 12.8. The second-order valence-corrected chi connectivity index (χ2v) is 8.52. The first kappa shape index (κ1) is 17.6. The molecule has 0 atom stereocenters. The summed E-state index contributed by atoms with van der Waals surface area (Å²) in [6.07, 6.45) is 0. The van der Waals surface area contributed by atoms with Gasteiger partial charge in [-0.3, -0.25) is 19.4 Å². The molecule has 136 valence electrons. The first-order valence-corrected chi connectivity index (χ1v) is 10.6. The van der Waals surface area contributed by atoms with Crippen LogP contribution in [0.15, 0.2) is 35.0 Å². The van der Waals surface area contributed by atoms with Crippen molar-refractivity contribution in [1.82, 2.24) is 24.6 Å². The van der Waals surface area contributed by atoms with Gasteiger partial charge in [-0.1, -0.05) is 12.1 Å². The maximum absolute atomic E-state index is 12.8. The van der Waals surface area contributed by atoms with Gasteiger partial charge in [0, 0.05) is 37.6 Å². The molecule has 0 spiro atoms. The number of amides is 1. The Morgan fingerprint density at radius 3 is 2.62 bits per heavy atom. The molecule has 4 rings (SSSR count). The Kier molecular flexibility index (Phi) is 5.30. The molecule has 3 aromatic rings. The van der Waals surface area contributed by atoms with Crippen molar-refractivity contribution in [1.29, 1.82) is 0 Å². The molecule has 1 aliphatic rings. The SMILES string of the molecule is O=C(Cn1c(-c2cccs2)n[nH]c1=S)N1CCN(Cc2cccs2)CC1. The molecule has 0 aliphatic carbocycles. The van der Waals surface area contributed by atoms with Crippen molar-refractivity contribution >= 4 is 40.8 Å². The zero-order chi connectivity index (χ0) is 17.9. The number of nitrogens with one attached hydrogen (secondary N) is 1. The lowest BCUT2D eigenvalue weighted by Crippen LogP contribution is -2.49. The molecule has 3 aromatic heterocycles. The van der Waals surface area contributed by atoms with Crippen LogP contribution < -0.4 is 0 Å².